The molecule has 2 N–H and O–H groups in total. The lowest BCUT2D eigenvalue weighted by Crippen LogP contribution is -2.53. The van der Waals surface area contributed by atoms with Crippen molar-refractivity contribution in [2.45, 2.75) is 78.1 Å². The van der Waals surface area contributed by atoms with Crippen LogP contribution in [0.5, 0.6) is 0 Å². The van der Waals surface area contributed by atoms with Crippen molar-refractivity contribution < 1.29 is 19.1 Å². The van der Waals surface area contributed by atoms with Gasteiger partial charge in [-0.3, -0.25) is 9.59 Å². The van der Waals surface area contributed by atoms with Crippen molar-refractivity contribution in [3.63, 3.8) is 0 Å². The summed E-state index contributed by atoms with van der Waals surface area (Å²) in [7, 11) is 0. The van der Waals surface area contributed by atoms with Crippen molar-refractivity contribution in [1.29, 1.82) is 0 Å². The van der Waals surface area contributed by atoms with Gasteiger partial charge in [0.05, 0.1) is 0 Å². The number of alkyl carbamates (subject to hydrolysis) is 1. The normalized spacial score (nSPS) is 18.2. The van der Waals surface area contributed by atoms with E-state index in [-0.39, 0.29) is 23.8 Å². The Morgan fingerprint density at radius 3 is 2.21 bits per heavy atom. The lowest BCUT2D eigenvalue weighted by Gasteiger charge is -2.35. The lowest BCUT2D eigenvalue weighted by molar-refractivity contribution is -0.141. The first kappa shape index (κ1) is 29.6. The largest absolute Gasteiger partial charge is 0.444 e. The van der Waals surface area contributed by atoms with Gasteiger partial charge in [0.1, 0.15) is 17.7 Å². The molecule has 1 saturated carbocycles. The highest BCUT2D eigenvalue weighted by Crippen LogP contribution is 2.41. The Morgan fingerprint density at radius 1 is 1.05 bits per heavy atom. The van der Waals surface area contributed by atoms with Crippen molar-refractivity contribution in [1.82, 2.24) is 10.2 Å². The van der Waals surface area contributed by atoms with Crippen LogP contribution in [0.3, 0.4) is 0 Å². The van der Waals surface area contributed by atoms with Crippen molar-refractivity contribution in [2.24, 2.45) is 5.92 Å². The lowest BCUT2D eigenvalue weighted by atomic mass is 9.97. The summed E-state index contributed by atoms with van der Waals surface area (Å²) in [4.78, 5) is 42.8. The highest BCUT2D eigenvalue weighted by molar-refractivity contribution is 7.98. The first-order valence-electron chi connectivity index (χ1n) is 13.2. The van der Waals surface area contributed by atoms with Crippen LogP contribution in [-0.4, -0.2) is 52.5 Å². The second kappa shape index (κ2) is 12.7. The zero-order chi connectivity index (χ0) is 28.0. The fourth-order valence-corrected chi connectivity index (χ4v) is 4.99. The number of aryl methyl sites for hydroxylation is 2. The molecular weight excluding hydrogens is 498 g/mol. The highest BCUT2D eigenvalue weighted by Gasteiger charge is 2.48. The number of rotatable bonds is 10. The van der Waals surface area contributed by atoms with E-state index in [1.807, 2.05) is 68.6 Å². The van der Waals surface area contributed by atoms with E-state index in [0.29, 0.717) is 17.9 Å². The van der Waals surface area contributed by atoms with E-state index in [9.17, 15) is 14.4 Å². The molecule has 0 spiro atoms. The third-order valence-corrected chi connectivity index (χ3v) is 7.33. The summed E-state index contributed by atoms with van der Waals surface area (Å²) >= 11 is 1.60. The summed E-state index contributed by atoms with van der Waals surface area (Å²) in [5.74, 6) is 0.374. The number of carbonyl (C=O) groups excluding carboxylic acids is 3. The molecule has 1 aliphatic rings. The van der Waals surface area contributed by atoms with Crippen LogP contribution in [0.2, 0.25) is 0 Å². The van der Waals surface area contributed by atoms with Crippen molar-refractivity contribution in [2.75, 3.05) is 17.3 Å². The van der Waals surface area contributed by atoms with E-state index in [1.54, 1.807) is 37.4 Å². The summed E-state index contributed by atoms with van der Waals surface area (Å²) < 4.78 is 5.47. The van der Waals surface area contributed by atoms with Crippen LogP contribution in [-0.2, 0) is 14.3 Å². The number of nitrogens with one attached hydrogen (secondary N) is 2. The van der Waals surface area contributed by atoms with Crippen LogP contribution in [0.4, 0.5) is 10.5 Å². The summed E-state index contributed by atoms with van der Waals surface area (Å²) in [6.07, 6.45) is 2.55. The third kappa shape index (κ3) is 7.76. The first-order valence-corrected chi connectivity index (χ1v) is 14.5. The first-order chi connectivity index (χ1) is 17.9. The molecule has 0 bridgehead atoms. The molecule has 0 saturated heterocycles. The molecule has 0 heterocycles. The van der Waals surface area contributed by atoms with E-state index in [4.69, 9.17) is 4.74 Å². The molecule has 38 heavy (non-hydrogen) atoms. The van der Waals surface area contributed by atoms with Gasteiger partial charge in [0.2, 0.25) is 5.91 Å². The summed E-state index contributed by atoms with van der Waals surface area (Å²) in [6, 6.07) is 13.5. The van der Waals surface area contributed by atoms with Gasteiger partial charge in [-0.25, -0.2) is 4.79 Å². The number of benzene rings is 2. The Hall–Kier alpha value is -3.00. The van der Waals surface area contributed by atoms with Crippen LogP contribution < -0.4 is 10.6 Å². The van der Waals surface area contributed by atoms with Gasteiger partial charge in [-0.1, -0.05) is 49.4 Å². The average Bonchev–Trinajstić information content (AvgIpc) is 3.56. The van der Waals surface area contributed by atoms with E-state index in [2.05, 4.69) is 17.6 Å². The Labute approximate surface area is 231 Å². The molecule has 2 aromatic carbocycles. The van der Waals surface area contributed by atoms with Gasteiger partial charge in [0.15, 0.2) is 0 Å². The molecule has 8 heteroatoms. The monoisotopic (exact) mass is 539 g/mol. The molecule has 0 radical (unpaired) electrons. The minimum absolute atomic E-state index is 0.105. The van der Waals surface area contributed by atoms with Gasteiger partial charge in [-0.2, -0.15) is 11.8 Å². The zero-order valence-electron chi connectivity index (χ0n) is 23.5. The Kier molecular flexibility index (Phi) is 9.88. The minimum Gasteiger partial charge on any atom is -0.444 e. The fourth-order valence-electron chi connectivity index (χ4n) is 4.52. The number of hydrogen-bond donors (Lipinski definition) is 2. The second-order valence-electron chi connectivity index (χ2n) is 11.1. The number of carbonyl (C=O) groups is 3. The number of ether oxygens (including phenoxy) is 1. The maximum atomic E-state index is 14.3. The number of anilines is 1. The van der Waals surface area contributed by atoms with E-state index in [0.717, 1.165) is 23.1 Å². The molecule has 4 atom stereocenters. The molecule has 1 fully saturated rings. The van der Waals surface area contributed by atoms with E-state index >= 15 is 0 Å². The van der Waals surface area contributed by atoms with E-state index in [1.165, 1.54) is 0 Å². The van der Waals surface area contributed by atoms with Crippen molar-refractivity contribution in [3.8, 4) is 0 Å². The third-order valence-electron chi connectivity index (χ3n) is 6.69. The van der Waals surface area contributed by atoms with Crippen LogP contribution in [0.15, 0.2) is 48.5 Å². The van der Waals surface area contributed by atoms with Gasteiger partial charge in [0.25, 0.3) is 5.91 Å². The number of nitrogens with zero attached hydrogens (tertiary/aromatic N) is 1. The van der Waals surface area contributed by atoms with Crippen molar-refractivity contribution >= 4 is 35.4 Å². The molecule has 3 rings (SSSR count). The maximum Gasteiger partial charge on any atom is 0.408 e. The molecular formula is C30H41N3O4S. The van der Waals surface area contributed by atoms with Gasteiger partial charge in [0, 0.05) is 11.7 Å². The van der Waals surface area contributed by atoms with Gasteiger partial charge in [-0.05, 0) is 88.1 Å². The molecule has 4 unspecified atom stereocenters. The standard InChI is InChI=1S/C30H41N3O4S/c1-19-12-8-10-14-22(19)26(27(34)31-23-15-11-9-13-20(23)2)33(25-18-21(25)3)28(35)24(16-17-38-7)32-29(36)37-30(4,5)6/h8-15,21,24-26H,16-18H2,1-7H3,(H,31,34)(H,32,36). The number of hydrogen-bond acceptors (Lipinski definition) is 5. The average molecular weight is 540 g/mol. The number of para-hydroxylation sites is 1. The van der Waals surface area contributed by atoms with Gasteiger partial charge in [-0.15, -0.1) is 0 Å². The molecule has 0 aromatic heterocycles. The molecule has 0 aliphatic heterocycles. The smallest absolute Gasteiger partial charge is 0.408 e. The number of thioether (sulfide) groups is 1. The topological polar surface area (TPSA) is 87.7 Å². The Morgan fingerprint density at radius 2 is 1.66 bits per heavy atom. The summed E-state index contributed by atoms with van der Waals surface area (Å²) in [5.41, 5.74) is 2.64. The van der Waals surface area contributed by atoms with E-state index < -0.39 is 23.8 Å². The molecule has 7 nitrogen and oxygen atoms in total. The predicted molar refractivity (Wildman–Crippen MR) is 154 cm³/mol. The predicted octanol–water partition coefficient (Wildman–Crippen LogP) is 5.87. The maximum absolute atomic E-state index is 14.3. The highest BCUT2D eigenvalue weighted by atomic mass is 32.2. The zero-order valence-corrected chi connectivity index (χ0v) is 24.4. The SMILES string of the molecule is CSCCC(NC(=O)OC(C)(C)C)C(=O)N(C(C(=O)Nc1ccccc1C)c1ccccc1C)C1CC1C. The molecule has 3 amide bonds. The van der Waals surface area contributed by atoms with Crippen LogP contribution >= 0.6 is 11.8 Å². The van der Waals surface area contributed by atoms with Crippen LogP contribution in [0, 0.1) is 19.8 Å². The summed E-state index contributed by atoms with van der Waals surface area (Å²) in [6.45, 7) is 11.3. The van der Waals surface area contributed by atoms with Crippen LogP contribution in [0.1, 0.15) is 63.3 Å². The second-order valence-corrected chi connectivity index (χ2v) is 12.1. The quantitative estimate of drug-likeness (QED) is 0.395. The molecule has 2 aromatic rings. The van der Waals surface area contributed by atoms with Crippen molar-refractivity contribution in [3.05, 3.63) is 65.2 Å². The Balaban J connectivity index is 2.02. The Bertz CT molecular complexity index is 1150. The molecule has 1 aliphatic carbocycles. The number of amides is 3. The van der Waals surface area contributed by atoms with Gasteiger partial charge < -0.3 is 20.3 Å². The summed E-state index contributed by atoms with van der Waals surface area (Å²) in [5, 5.41) is 5.88. The fraction of sp³-hybridized carbons (Fsp3) is 0.500. The van der Waals surface area contributed by atoms with Gasteiger partial charge >= 0.3 is 6.09 Å². The van der Waals surface area contributed by atoms with Crippen LogP contribution in [0.25, 0.3) is 0 Å². The molecule has 206 valence electrons. The minimum atomic E-state index is -0.851.